The molecule has 0 amide bonds. The van der Waals surface area contributed by atoms with E-state index >= 15 is 0 Å². The molecule has 0 radical (unpaired) electrons. The summed E-state index contributed by atoms with van der Waals surface area (Å²) in [6.07, 6.45) is -25.6. The number of rotatable bonds is 13. The molecule has 23 nitrogen and oxygen atoms in total. The van der Waals surface area contributed by atoms with Gasteiger partial charge in [-0.3, -0.25) is 0 Å². The molecule has 7 aliphatic rings. The second-order valence-electron chi connectivity index (χ2n) is 18.7. The minimum absolute atomic E-state index is 0.0653. The van der Waals surface area contributed by atoms with Crippen molar-refractivity contribution >= 4 is 5.97 Å². The molecule has 23 heteroatoms. The Balaban J connectivity index is 1.05. The number of hydrogen-bond donors (Lipinski definition) is 13. The first kappa shape index (κ1) is 51.2. The fourth-order valence-corrected chi connectivity index (χ4v) is 10.3. The van der Waals surface area contributed by atoms with Crippen molar-refractivity contribution in [2.24, 2.45) is 17.8 Å². The second-order valence-corrected chi connectivity index (χ2v) is 18.7. The molecule has 4 saturated heterocycles. The van der Waals surface area contributed by atoms with Crippen LogP contribution in [0, 0.1) is 17.8 Å². The van der Waals surface area contributed by atoms with E-state index < -0.39 is 172 Å². The lowest BCUT2D eigenvalue weighted by Gasteiger charge is -2.51. The maximum Gasteiger partial charge on any atom is 0.330 e. The lowest BCUT2D eigenvalue weighted by molar-refractivity contribution is -0.376. The summed E-state index contributed by atoms with van der Waals surface area (Å²) in [6, 6.07) is 0. The zero-order valence-electron chi connectivity index (χ0n) is 36.0. The summed E-state index contributed by atoms with van der Waals surface area (Å²) in [5.41, 5.74) is 0. The first-order valence-electron chi connectivity index (χ1n) is 22.7. The maximum absolute atomic E-state index is 12.6. The monoisotopic (exact) mass is 940 g/mol. The van der Waals surface area contributed by atoms with Crippen LogP contribution in [-0.4, -0.2) is 240 Å². The SMILES string of the molecule is COC1CC(C=CC(=O)OC[C@H]2O[C@@H](OC[C@H]3O[C@@H](OC4CC5C(O)CC(O)CC5OC4C4CCC(O)C(O)C4)[C@H](O[C@@H]4OC[C@@H](O)[C@H](O)[C@H]4O)[C@@H](O)[C@@H]3O)[C@H](O)[C@@H](O)[C@@H]2O)CCC1O. The summed E-state index contributed by atoms with van der Waals surface area (Å²) < 4.78 is 52.8. The van der Waals surface area contributed by atoms with Crippen molar-refractivity contribution in [3.05, 3.63) is 12.2 Å². The zero-order chi connectivity index (χ0) is 46.9. The van der Waals surface area contributed by atoms with Gasteiger partial charge < -0.3 is 109 Å². The van der Waals surface area contributed by atoms with Gasteiger partial charge in [-0.15, -0.1) is 0 Å². The molecule has 374 valence electrons. The average molecular weight is 941 g/mol. The second kappa shape index (κ2) is 22.4. The number of carbonyl (C=O) groups excluding carboxylic acids is 1. The van der Waals surface area contributed by atoms with E-state index in [0.29, 0.717) is 25.7 Å². The lowest BCUT2D eigenvalue weighted by atomic mass is 9.72. The van der Waals surface area contributed by atoms with Gasteiger partial charge in [0.25, 0.3) is 0 Å². The number of aliphatic hydroxyl groups excluding tert-OH is 13. The maximum atomic E-state index is 12.6. The highest BCUT2D eigenvalue weighted by Crippen LogP contribution is 2.44. The van der Waals surface area contributed by atoms with Crippen molar-refractivity contribution in [1.82, 2.24) is 0 Å². The zero-order valence-corrected chi connectivity index (χ0v) is 36.0. The van der Waals surface area contributed by atoms with Gasteiger partial charge in [0.15, 0.2) is 18.9 Å². The third-order valence-electron chi connectivity index (χ3n) is 14.3. The molecule has 7 fully saturated rings. The van der Waals surface area contributed by atoms with Crippen LogP contribution in [0.4, 0.5) is 0 Å². The van der Waals surface area contributed by atoms with E-state index in [1.165, 1.54) is 13.2 Å². The number of ether oxygens (including phenoxy) is 9. The van der Waals surface area contributed by atoms with Crippen LogP contribution in [0.15, 0.2) is 12.2 Å². The molecule has 0 spiro atoms. The molecule has 0 aromatic carbocycles. The van der Waals surface area contributed by atoms with Crippen LogP contribution >= 0.6 is 0 Å². The van der Waals surface area contributed by atoms with Gasteiger partial charge in [0.2, 0.25) is 0 Å². The Morgan fingerprint density at radius 1 is 0.585 bits per heavy atom. The molecule has 3 aliphatic carbocycles. The Morgan fingerprint density at radius 3 is 2.02 bits per heavy atom. The normalized spacial score (nSPS) is 51.0. The van der Waals surface area contributed by atoms with Crippen LogP contribution in [0.2, 0.25) is 0 Å². The smallest absolute Gasteiger partial charge is 0.330 e. The molecule has 4 heterocycles. The summed E-state index contributed by atoms with van der Waals surface area (Å²) >= 11 is 0. The number of allylic oxidation sites excluding steroid dienone is 1. The number of esters is 1. The molecule has 0 bridgehead atoms. The summed E-state index contributed by atoms with van der Waals surface area (Å²) in [5, 5.41) is 139. The largest absolute Gasteiger partial charge is 0.460 e. The molecule has 7 rings (SSSR count). The molecule has 3 saturated carbocycles. The summed E-state index contributed by atoms with van der Waals surface area (Å²) in [7, 11) is 1.49. The van der Waals surface area contributed by atoms with Crippen LogP contribution in [-0.2, 0) is 47.4 Å². The van der Waals surface area contributed by atoms with Crippen molar-refractivity contribution < 1.29 is 114 Å². The Labute approximate surface area is 374 Å². The van der Waals surface area contributed by atoms with E-state index in [1.807, 2.05) is 0 Å². The number of fused-ring (bicyclic) bond motifs is 1. The Bertz CT molecular complexity index is 1540. The summed E-state index contributed by atoms with van der Waals surface area (Å²) in [6.45, 7) is -1.72. The van der Waals surface area contributed by atoms with Gasteiger partial charge in [0, 0.05) is 19.1 Å². The Morgan fingerprint density at radius 2 is 1.28 bits per heavy atom. The molecule has 13 N–H and O–H groups in total. The Kier molecular flexibility index (Phi) is 17.7. The molecule has 26 atom stereocenters. The standard InChI is InChI=1S/C42H68O23/c1-57-26-8-16(2-5-21(26)45)3-7-30(49)58-14-28-32(51)34(53)37(56)40(63-28)60-15-29-33(52)35(54)39(65-41-36(55)31(50)24(48)13-59-41)42(64-29)62-27-12-19-22(46)10-18(43)11-25(19)61-38(27)17-4-6-20(44)23(47)9-17/h3,7,16-29,31-48,50-56H,2,4-6,8-15H2,1H3/t16?,17?,18?,19?,20?,21?,22?,23?,24-,25?,26?,27?,28-,29-,31+,32-,33-,34+,35+,36-,37-,38?,39-,40-,41+,42-/m1/s1. The van der Waals surface area contributed by atoms with E-state index in [0.717, 1.165) is 0 Å². The van der Waals surface area contributed by atoms with Crippen LogP contribution in [0.5, 0.6) is 0 Å². The van der Waals surface area contributed by atoms with Gasteiger partial charge in [0.1, 0.15) is 73.8 Å². The average Bonchev–Trinajstić information content (AvgIpc) is 3.28. The quantitative estimate of drug-likeness (QED) is 0.0605. The summed E-state index contributed by atoms with van der Waals surface area (Å²) in [4.78, 5) is 12.6. The van der Waals surface area contributed by atoms with E-state index in [2.05, 4.69) is 0 Å². The highest BCUT2D eigenvalue weighted by Gasteiger charge is 2.55. The molecule has 4 aliphatic heterocycles. The van der Waals surface area contributed by atoms with Crippen molar-refractivity contribution in [2.75, 3.05) is 26.9 Å². The lowest BCUT2D eigenvalue weighted by Crippen LogP contribution is -2.65. The van der Waals surface area contributed by atoms with E-state index in [1.54, 1.807) is 6.08 Å². The van der Waals surface area contributed by atoms with Gasteiger partial charge in [-0.1, -0.05) is 6.08 Å². The van der Waals surface area contributed by atoms with Crippen LogP contribution in [0.3, 0.4) is 0 Å². The Hall–Kier alpha value is -1.63. The first-order valence-corrected chi connectivity index (χ1v) is 22.7. The van der Waals surface area contributed by atoms with Crippen molar-refractivity contribution in [3.8, 4) is 0 Å². The van der Waals surface area contributed by atoms with Gasteiger partial charge in [0.05, 0.1) is 68.1 Å². The molecule has 0 aromatic heterocycles. The minimum atomic E-state index is -1.91. The molecular weight excluding hydrogens is 872 g/mol. The predicted molar refractivity (Wildman–Crippen MR) is 212 cm³/mol. The van der Waals surface area contributed by atoms with Crippen LogP contribution in [0.1, 0.15) is 57.8 Å². The topological polar surface area (TPSA) is 363 Å². The molecule has 12 unspecified atom stereocenters. The summed E-state index contributed by atoms with van der Waals surface area (Å²) in [5.74, 6) is -1.80. The minimum Gasteiger partial charge on any atom is -0.460 e. The van der Waals surface area contributed by atoms with Gasteiger partial charge in [-0.05, 0) is 69.6 Å². The van der Waals surface area contributed by atoms with E-state index in [4.69, 9.17) is 42.6 Å². The van der Waals surface area contributed by atoms with Crippen molar-refractivity contribution in [1.29, 1.82) is 0 Å². The highest BCUT2D eigenvalue weighted by atomic mass is 16.8. The number of methoxy groups -OCH3 is 1. The predicted octanol–water partition coefficient (Wildman–Crippen LogP) is -5.45. The number of hydrogen-bond acceptors (Lipinski definition) is 23. The third kappa shape index (κ3) is 11.9. The highest BCUT2D eigenvalue weighted by molar-refractivity contribution is 5.81. The van der Waals surface area contributed by atoms with E-state index in [-0.39, 0.29) is 44.1 Å². The fraction of sp³-hybridized carbons (Fsp3) is 0.929. The van der Waals surface area contributed by atoms with Gasteiger partial charge in [-0.25, -0.2) is 4.79 Å². The van der Waals surface area contributed by atoms with Crippen LogP contribution < -0.4 is 0 Å². The molecule has 65 heavy (non-hydrogen) atoms. The number of aliphatic hydroxyl groups is 13. The fourth-order valence-electron chi connectivity index (χ4n) is 10.3. The third-order valence-corrected chi connectivity index (χ3v) is 14.3. The van der Waals surface area contributed by atoms with E-state index in [9.17, 15) is 71.2 Å². The van der Waals surface area contributed by atoms with Gasteiger partial charge >= 0.3 is 5.97 Å². The molecule has 0 aromatic rings. The molecular formula is C42H68O23. The van der Waals surface area contributed by atoms with Crippen molar-refractivity contribution in [3.63, 3.8) is 0 Å². The van der Waals surface area contributed by atoms with Gasteiger partial charge in [-0.2, -0.15) is 0 Å². The first-order chi connectivity index (χ1) is 30.9. The number of carbonyl (C=O) groups is 1. The van der Waals surface area contributed by atoms with Crippen molar-refractivity contribution in [2.45, 2.75) is 199 Å². The van der Waals surface area contributed by atoms with Crippen LogP contribution in [0.25, 0.3) is 0 Å².